The largest absolute Gasteiger partial charge is 0.457 e. The Hall–Kier alpha value is -1.33. The molecule has 17 heavy (non-hydrogen) atoms. The summed E-state index contributed by atoms with van der Waals surface area (Å²) in [5.74, 6) is 0.839. The molecule has 2 N–H and O–H groups in total. The van der Waals surface area contributed by atoms with E-state index in [0.29, 0.717) is 10.7 Å². The van der Waals surface area contributed by atoms with Crippen molar-refractivity contribution in [1.29, 1.82) is 0 Å². The molecule has 0 saturated heterocycles. The zero-order valence-electron chi connectivity index (χ0n) is 9.60. The van der Waals surface area contributed by atoms with Crippen LogP contribution in [0.4, 0.5) is 0 Å². The van der Waals surface area contributed by atoms with E-state index in [9.17, 15) is 4.79 Å². The van der Waals surface area contributed by atoms with Crippen molar-refractivity contribution in [3.63, 3.8) is 0 Å². The number of carbonyl (C=O) groups excluding carboxylic acids is 1. The van der Waals surface area contributed by atoms with Crippen molar-refractivity contribution in [2.75, 3.05) is 0 Å². The maximum absolute atomic E-state index is 11.1. The average molecular weight is 267 g/mol. The van der Waals surface area contributed by atoms with E-state index in [1.165, 1.54) is 4.70 Å². The van der Waals surface area contributed by atoms with Gasteiger partial charge in [0.05, 0.1) is 4.91 Å². The van der Waals surface area contributed by atoms with E-state index >= 15 is 0 Å². The molecule has 0 radical (unpaired) electrons. The Bertz CT molecular complexity index is 486. The van der Waals surface area contributed by atoms with E-state index in [0.717, 1.165) is 23.1 Å². The molecule has 1 rings (SSSR count). The SMILES string of the molecule is C/C=C(\C)c1ccc(/C=C(\SC=S)C(N)=O)o1. The lowest BCUT2D eigenvalue weighted by atomic mass is 10.2. The molecular weight excluding hydrogens is 254 g/mol. The normalized spacial score (nSPS) is 12.6. The fourth-order valence-electron chi connectivity index (χ4n) is 1.13. The van der Waals surface area contributed by atoms with Gasteiger partial charge in [-0.15, -0.1) is 0 Å². The van der Waals surface area contributed by atoms with Gasteiger partial charge in [-0.25, -0.2) is 0 Å². The number of thiocarbonyl (C=S) groups is 1. The molecule has 1 aromatic rings. The monoisotopic (exact) mass is 267 g/mol. The number of furan rings is 1. The van der Waals surface area contributed by atoms with Gasteiger partial charge >= 0.3 is 0 Å². The second kappa shape index (κ2) is 6.42. The molecular formula is C12H13NO2S2. The van der Waals surface area contributed by atoms with Crippen molar-refractivity contribution in [2.45, 2.75) is 13.8 Å². The summed E-state index contributed by atoms with van der Waals surface area (Å²) < 4.78 is 6.94. The topological polar surface area (TPSA) is 56.2 Å². The van der Waals surface area contributed by atoms with Crippen LogP contribution >= 0.6 is 24.0 Å². The second-order valence-corrected chi connectivity index (χ2v) is 4.71. The van der Waals surface area contributed by atoms with Crippen LogP contribution in [0.25, 0.3) is 11.6 Å². The summed E-state index contributed by atoms with van der Waals surface area (Å²) in [7, 11) is 0. The van der Waals surface area contributed by atoms with E-state index < -0.39 is 5.91 Å². The van der Waals surface area contributed by atoms with Crippen LogP contribution in [0.3, 0.4) is 0 Å². The van der Waals surface area contributed by atoms with Crippen LogP contribution in [0, 0.1) is 0 Å². The van der Waals surface area contributed by atoms with Gasteiger partial charge in [-0.1, -0.05) is 30.1 Å². The first kappa shape index (κ1) is 13.7. The molecule has 0 saturated carbocycles. The average Bonchev–Trinajstić information content (AvgIpc) is 2.76. The first-order valence-electron chi connectivity index (χ1n) is 4.93. The van der Waals surface area contributed by atoms with Gasteiger partial charge in [-0.2, -0.15) is 0 Å². The first-order valence-corrected chi connectivity index (χ1v) is 6.28. The van der Waals surface area contributed by atoms with E-state index in [1.54, 1.807) is 12.1 Å². The minimum absolute atomic E-state index is 0.360. The highest BCUT2D eigenvalue weighted by molar-refractivity contribution is 8.24. The number of primary amides is 1. The maximum atomic E-state index is 11.1. The van der Waals surface area contributed by atoms with Gasteiger partial charge in [0.2, 0.25) is 0 Å². The molecule has 0 aliphatic heterocycles. The Morgan fingerprint density at radius 3 is 2.76 bits per heavy atom. The summed E-state index contributed by atoms with van der Waals surface area (Å²) in [5, 5.41) is 0. The number of nitrogens with two attached hydrogens (primary N) is 1. The van der Waals surface area contributed by atoms with Crippen LogP contribution in [0.1, 0.15) is 25.4 Å². The summed E-state index contributed by atoms with van der Waals surface area (Å²) >= 11 is 5.78. The van der Waals surface area contributed by atoms with Gasteiger partial charge in [0.1, 0.15) is 11.5 Å². The first-order chi connectivity index (χ1) is 8.08. The molecule has 1 amide bonds. The van der Waals surface area contributed by atoms with Crippen molar-refractivity contribution < 1.29 is 9.21 Å². The molecule has 0 bridgehead atoms. The minimum Gasteiger partial charge on any atom is -0.457 e. The van der Waals surface area contributed by atoms with Crippen molar-refractivity contribution >= 4 is 46.2 Å². The Balaban J connectivity index is 3.00. The van der Waals surface area contributed by atoms with Crippen molar-refractivity contribution in [3.8, 4) is 0 Å². The molecule has 0 aromatic carbocycles. The molecule has 0 fully saturated rings. The van der Waals surface area contributed by atoms with Crippen molar-refractivity contribution in [1.82, 2.24) is 0 Å². The van der Waals surface area contributed by atoms with Crippen LogP contribution in [-0.2, 0) is 4.79 Å². The van der Waals surface area contributed by atoms with Crippen LogP contribution < -0.4 is 5.73 Å². The Morgan fingerprint density at radius 2 is 2.24 bits per heavy atom. The van der Waals surface area contributed by atoms with Gasteiger partial charge in [-0.05, 0) is 31.6 Å². The third kappa shape index (κ3) is 3.87. The molecule has 1 aromatic heterocycles. The number of carbonyl (C=O) groups is 1. The summed E-state index contributed by atoms with van der Waals surface area (Å²) in [5.41, 5.74) is 6.25. The molecule has 0 atom stereocenters. The van der Waals surface area contributed by atoms with Gasteiger partial charge in [0.25, 0.3) is 5.91 Å². The van der Waals surface area contributed by atoms with Crippen LogP contribution in [-0.4, -0.2) is 10.6 Å². The highest BCUT2D eigenvalue weighted by Crippen LogP contribution is 2.22. The smallest absolute Gasteiger partial charge is 0.255 e. The fourth-order valence-corrected chi connectivity index (χ4v) is 1.84. The van der Waals surface area contributed by atoms with Crippen LogP contribution in [0.5, 0.6) is 0 Å². The van der Waals surface area contributed by atoms with Crippen LogP contribution in [0.15, 0.2) is 27.5 Å². The molecule has 0 unspecified atom stereocenters. The van der Waals surface area contributed by atoms with E-state index in [1.807, 2.05) is 26.0 Å². The number of hydrogen-bond donors (Lipinski definition) is 1. The van der Waals surface area contributed by atoms with E-state index in [4.69, 9.17) is 10.2 Å². The number of hydrogen-bond acceptors (Lipinski definition) is 4. The lowest BCUT2D eigenvalue weighted by molar-refractivity contribution is -0.113. The van der Waals surface area contributed by atoms with Crippen LogP contribution in [0.2, 0.25) is 0 Å². The Labute approximate surface area is 110 Å². The van der Waals surface area contributed by atoms with E-state index in [-0.39, 0.29) is 0 Å². The predicted octanol–water partition coefficient (Wildman–Crippen LogP) is 3.22. The molecule has 0 spiro atoms. The van der Waals surface area contributed by atoms with Gasteiger partial charge in [0, 0.05) is 10.8 Å². The Kier molecular flexibility index (Phi) is 5.18. The quantitative estimate of drug-likeness (QED) is 0.657. The molecule has 90 valence electrons. The van der Waals surface area contributed by atoms with Gasteiger partial charge in [0.15, 0.2) is 0 Å². The lowest BCUT2D eigenvalue weighted by Gasteiger charge is -1.97. The molecule has 1 heterocycles. The molecule has 0 aliphatic rings. The van der Waals surface area contributed by atoms with E-state index in [2.05, 4.69) is 12.2 Å². The Morgan fingerprint density at radius 1 is 1.53 bits per heavy atom. The second-order valence-electron chi connectivity index (χ2n) is 3.26. The third-order valence-corrected chi connectivity index (χ3v) is 3.10. The number of thioether (sulfide) groups is 1. The van der Waals surface area contributed by atoms with Gasteiger partial charge in [-0.3, -0.25) is 4.79 Å². The number of allylic oxidation sites excluding steroid dienone is 2. The zero-order valence-corrected chi connectivity index (χ0v) is 11.2. The lowest BCUT2D eigenvalue weighted by Crippen LogP contribution is -2.11. The summed E-state index contributed by atoms with van der Waals surface area (Å²) in [6.07, 6.45) is 3.54. The fraction of sp³-hybridized carbons (Fsp3) is 0.167. The molecule has 0 aliphatic carbocycles. The van der Waals surface area contributed by atoms with Crippen molar-refractivity contribution in [3.05, 3.63) is 34.6 Å². The number of rotatable bonds is 5. The molecule has 5 heteroatoms. The predicted molar refractivity (Wildman–Crippen MR) is 76.5 cm³/mol. The number of amides is 1. The van der Waals surface area contributed by atoms with Crippen molar-refractivity contribution in [2.24, 2.45) is 5.73 Å². The minimum atomic E-state index is -0.517. The zero-order chi connectivity index (χ0) is 12.8. The van der Waals surface area contributed by atoms with Gasteiger partial charge < -0.3 is 10.2 Å². The summed E-state index contributed by atoms with van der Waals surface area (Å²) in [6, 6.07) is 3.64. The maximum Gasteiger partial charge on any atom is 0.255 e. The standard InChI is InChI=1S/C12H13NO2S2/c1-3-8(2)10-5-4-9(15-10)6-11(12(13)14)17-7-16/h3-7H,1-2H3,(H2,13,14)/b8-3+,11-6-. The molecule has 3 nitrogen and oxygen atoms in total. The third-order valence-electron chi connectivity index (χ3n) is 2.14. The summed E-state index contributed by atoms with van der Waals surface area (Å²) in [6.45, 7) is 3.89. The highest BCUT2D eigenvalue weighted by Gasteiger charge is 2.07. The summed E-state index contributed by atoms with van der Waals surface area (Å²) in [4.78, 5) is 11.5. The highest BCUT2D eigenvalue weighted by atomic mass is 32.2.